The minimum absolute atomic E-state index is 0.0265. The molecular formula is C13H20N4O2. The summed E-state index contributed by atoms with van der Waals surface area (Å²) in [6.45, 7) is 5.63. The van der Waals surface area contributed by atoms with Crippen molar-refractivity contribution >= 4 is 11.7 Å². The van der Waals surface area contributed by atoms with Gasteiger partial charge in [0.05, 0.1) is 6.54 Å². The molecule has 0 aromatic carbocycles. The molecule has 1 saturated heterocycles. The second kappa shape index (κ2) is 5.86. The number of rotatable bonds is 4. The fourth-order valence-electron chi connectivity index (χ4n) is 2.19. The molecule has 6 heteroatoms. The minimum Gasteiger partial charge on any atom is -0.356 e. The Balaban J connectivity index is 2.01. The number of carbonyl (C=O) groups excluding carboxylic acids is 1. The van der Waals surface area contributed by atoms with Gasteiger partial charge in [-0.3, -0.25) is 9.59 Å². The van der Waals surface area contributed by atoms with Crippen molar-refractivity contribution in [1.82, 2.24) is 14.5 Å². The summed E-state index contributed by atoms with van der Waals surface area (Å²) in [4.78, 5) is 29.8. The summed E-state index contributed by atoms with van der Waals surface area (Å²) in [7, 11) is 0. The summed E-state index contributed by atoms with van der Waals surface area (Å²) < 4.78 is 1.59. The summed E-state index contributed by atoms with van der Waals surface area (Å²) in [6.07, 6.45) is 5.36. The lowest BCUT2D eigenvalue weighted by Crippen LogP contribution is -2.35. The second-order valence-electron chi connectivity index (χ2n) is 5.02. The van der Waals surface area contributed by atoms with Crippen LogP contribution in [0.4, 0.5) is 5.82 Å². The van der Waals surface area contributed by atoms with E-state index in [4.69, 9.17) is 0 Å². The van der Waals surface area contributed by atoms with Crippen LogP contribution >= 0.6 is 0 Å². The molecule has 6 nitrogen and oxygen atoms in total. The molecule has 1 amide bonds. The van der Waals surface area contributed by atoms with Crippen LogP contribution in [0.5, 0.6) is 0 Å². The third kappa shape index (κ3) is 3.13. The first-order chi connectivity index (χ1) is 9.09. The zero-order valence-electron chi connectivity index (χ0n) is 11.4. The molecule has 1 aromatic rings. The van der Waals surface area contributed by atoms with E-state index in [1.54, 1.807) is 17.0 Å². The Morgan fingerprint density at radius 2 is 2.11 bits per heavy atom. The number of nitrogens with zero attached hydrogens (tertiary/aromatic N) is 3. The van der Waals surface area contributed by atoms with E-state index >= 15 is 0 Å². The third-order valence-corrected chi connectivity index (χ3v) is 3.29. The van der Waals surface area contributed by atoms with E-state index in [0.29, 0.717) is 0 Å². The highest BCUT2D eigenvalue weighted by Gasteiger charge is 2.18. The average molecular weight is 264 g/mol. The molecule has 2 heterocycles. The van der Waals surface area contributed by atoms with Gasteiger partial charge in [0.2, 0.25) is 5.91 Å². The van der Waals surface area contributed by atoms with E-state index in [1.165, 1.54) is 0 Å². The first-order valence-corrected chi connectivity index (χ1v) is 6.68. The molecule has 1 aromatic heterocycles. The van der Waals surface area contributed by atoms with Crippen LogP contribution in [0.15, 0.2) is 17.2 Å². The minimum atomic E-state index is -0.188. The standard InChI is InChI=1S/C13H20N4O2/c1-10(2)17-8-5-14-12(13(17)19)15-9-11(18)16-6-3-4-7-16/h5,8,10H,3-4,6-7,9H2,1-2H3,(H,14,15). The molecule has 0 spiro atoms. The Labute approximate surface area is 112 Å². The van der Waals surface area contributed by atoms with Gasteiger partial charge in [-0.25, -0.2) is 4.98 Å². The van der Waals surface area contributed by atoms with Gasteiger partial charge in [0.1, 0.15) is 0 Å². The van der Waals surface area contributed by atoms with Crippen molar-refractivity contribution in [3.05, 3.63) is 22.7 Å². The van der Waals surface area contributed by atoms with Crippen molar-refractivity contribution in [3.63, 3.8) is 0 Å². The number of anilines is 1. The molecule has 0 saturated carbocycles. The van der Waals surface area contributed by atoms with Crippen molar-refractivity contribution in [1.29, 1.82) is 0 Å². The maximum Gasteiger partial charge on any atom is 0.293 e. The van der Waals surface area contributed by atoms with Crippen LogP contribution in [0.1, 0.15) is 32.7 Å². The van der Waals surface area contributed by atoms with Crippen molar-refractivity contribution in [2.75, 3.05) is 25.0 Å². The first kappa shape index (κ1) is 13.6. The zero-order valence-corrected chi connectivity index (χ0v) is 11.4. The first-order valence-electron chi connectivity index (χ1n) is 6.68. The molecule has 1 aliphatic heterocycles. The van der Waals surface area contributed by atoms with E-state index in [2.05, 4.69) is 10.3 Å². The van der Waals surface area contributed by atoms with Gasteiger partial charge in [-0.15, -0.1) is 0 Å². The number of hydrogen-bond acceptors (Lipinski definition) is 4. The number of likely N-dealkylation sites (tertiary alicyclic amines) is 1. The maximum absolute atomic E-state index is 12.1. The highest BCUT2D eigenvalue weighted by Crippen LogP contribution is 2.07. The van der Waals surface area contributed by atoms with Gasteiger partial charge < -0.3 is 14.8 Å². The van der Waals surface area contributed by atoms with Crippen molar-refractivity contribution in [3.8, 4) is 0 Å². The SMILES string of the molecule is CC(C)n1ccnc(NCC(=O)N2CCCC2)c1=O. The highest BCUT2D eigenvalue weighted by molar-refractivity contribution is 5.80. The molecule has 1 fully saturated rings. The maximum atomic E-state index is 12.1. The van der Waals surface area contributed by atoms with Gasteiger partial charge >= 0.3 is 0 Å². The van der Waals surface area contributed by atoms with E-state index in [-0.39, 0.29) is 29.9 Å². The summed E-state index contributed by atoms with van der Waals surface area (Å²) >= 11 is 0. The van der Waals surface area contributed by atoms with E-state index in [1.807, 2.05) is 18.7 Å². The largest absolute Gasteiger partial charge is 0.356 e. The Hall–Kier alpha value is -1.85. The van der Waals surface area contributed by atoms with Gasteiger partial charge in [-0.2, -0.15) is 0 Å². The molecular weight excluding hydrogens is 244 g/mol. The lowest BCUT2D eigenvalue weighted by atomic mass is 10.4. The fourth-order valence-corrected chi connectivity index (χ4v) is 2.19. The Kier molecular flexibility index (Phi) is 4.19. The Bertz CT molecular complexity index is 504. The number of carbonyl (C=O) groups is 1. The molecule has 0 atom stereocenters. The molecule has 19 heavy (non-hydrogen) atoms. The fraction of sp³-hybridized carbons (Fsp3) is 0.615. The zero-order chi connectivity index (χ0) is 13.8. The molecule has 0 unspecified atom stereocenters. The average Bonchev–Trinajstić information content (AvgIpc) is 2.90. The van der Waals surface area contributed by atoms with Gasteiger partial charge in [-0.05, 0) is 26.7 Å². The molecule has 1 aliphatic rings. The van der Waals surface area contributed by atoms with E-state index in [9.17, 15) is 9.59 Å². The molecule has 104 valence electrons. The number of nitrogens with one attached hydrogen (secondary N) is 1. The summed E-state index contributed by atoms with van der Waals surface area (Å²) in [5, 5.41) is 2.85. The summed E-state index contributed by atoms with van der Waals surface area (Å²) in [5.41, 5.74) is -0.188. The molecule has 0 aliphatic carbocycles. The van der Waals surface area contributed by atoms with E-state index in [0.717, 1.165) is 25.9 Å². The van der Waals surface area contributed by atoms with Gasteiger partial charge in [0, 0.05) is 31.5 Å². The molecule has 0 bridgehead atoms. The van der Waals surface area contributed by atoms with Crippen molar-refractivity contribution in [2.24, 2.45) is 0 Å². The van der Waals surface area contributed by atoms with Crippen LogP contribution < -0.4 is 10.9 Å². The van der Waals surface area contributed by atoms with E-state index < -0.39 is 0 Å². The number of amides is 1. The Morgan fingerprint density at radius 1 is 1.42 bits per heavy atom. The summed E-state index contributed by atoms with van der Waals surface area (Å²) in [6, 6.07) is 0.0744. The van der Waals surface area contributed by atoms with Gasteiger partial charge in [0.25, 0.3) is 5.56 Å². The molecule has 2 rings (SSSR count). The third-order valence-electron chi connectivity index (χ3n) is 3.29. The van der Waals surface area contributed by atoms with Crippen LogP contribution in [0.3, 0.4) is 0 Å². The quantitative estimate of drug-likeness (QED) is 0.876. The van der Waals surface area contributed by atoms with Crippen LogP contribution in [-0.2, 0) is 4.79 Å². The van der Waals surface area contributed by atoms with Crippen LogP contribution in [-0.4, -0.2) is 40.0 Å². The van der Waals surface area contributed by atoms with Crippen molar-refractivity contribution in [2.45, 2.75) is 32.7 Å². The monoisotopic (exact) mass is 264 g/mol. The highest BCUT2D eigenvalue weighted by atomic mass is 16.2. The summed E-state index contributed by atoms with van der Waals surface area (Å²) in [5.74, 6) is 0.266. The predicted molar refractivity (Wildman–Crippen MR) is 73.2 cm³/mol. The molecule has 0 radical (unpaired) electrons. The second-order valence-corrected chi connectivity index (χ2v) is 5.02. The smallest absolute Gasteiger partial charge is 0.293 e. The molecule has 1 N–H and O–H groups in total. The lowest BCUT2D eigenvalue weighted by Gasteiger charge is -2.16. The van der Waals surface area contributed by atoms with Gasteiger partial charge in [-0.1, -0.05) is 0 Å². The van der Waals surface area contributed by atoms with Crippen LogP contribution in [0.25, 0.3) is 0 Å². The van der Waals surface area contributed by atoms with Crippen LogP contribution in [0, 0.1) is 0 Å². The van der Waals surface area contributed by atoms with Gasteiger partial charge in [0.15, 0.2) is 5.82 Å². The normalized spacial score (nSPS) is 15.0. The number of aromatic nitrogens is 2. The Morgan fingerprint density at radius 3 is 2.74 bits per heavy atom. The number of hydrogen-bond donors (Lipinski definition) is 1. The van der Waals surface area contributed by atoms with Crippen molar-refractivity contribution < 1.29 is 4.79 Å². The lowest BCUT2D eigenvalue weighted by molar-refractivity contribution is -0.128. The topological polar surface area (TPSA) is 67.2 Å². The predicted octanol–water partition coefficient (Wildman–Crippen LogP) is 0.858. The van der Waals surface area contributed by atoms with Crippen LogP contribution in [0.2, 0.25) is 0 Å².